The van der Waals surface area contributed by atoms with Gasteiger partial charge in [0.25, 0.3) is 11.8 Å². The first-order chi connectivity index (χ1) is 11.2. The van der Waals surface area contributed by atoms with Gasteiger partial charge in [-0.25, -0.2) is 9.97 Å². The monoisotopic (exact) mass is 310 g/mol. The fourth-order valence-electron chi connectivity index (χ4n) is 2.25. The zero-order valence-electron chi connectivity index (χ0n) is 12.1. The molecule has 1 aliphatic rings. The number of hydrogen-bond acceptors (Lipinski definition) is 6. The Kier molecular flexibility index (Phi) is 4.11. The van der Waals surface area contributed by atoms with Gasteiger partial charge in [-0.2, -0.15) is 0 Å². The van der Waals surface area contributed by atoms with Gasteiger partial charge < -0.3 is 10.4 Å². The van der Waals surface area contributed by atoms with Crippen molar-refractivity contribution in [1.29, 1.82) is 0 Å². The van der Waals surface area contributed by atoms with Gasteiger partial charge >= 0.3 is 0 Å². The van der Waals surface area contributed by atoms with Crippen LogP contribution in [0.5, 0.6) is 0 Å². The lowest BCUT2D eigenvalue weighted by Crippen LogP contribution is -2.34. The van der Waals surface area contributed by atoms with Crippen molar-refractivity contribution in [2.75, 3.05) is 18.5 Å². The van der Waals surface area contributed by atoms with Crippen molar-refractivity contribution in [2.45, 2.75) is 0 Å². The molecule has 0 bridgehead atoms. The van der Waals surface area contributed by atoms with Crippen molar-refractivity contribution in [1.82, 2.24) is 14.9 Å². The van der Waals surface area contributed by atoms with Gasteiger partial charge in [0.15, 0.2) is 5.82 Å². The molecule has 0 spiro atoms. The van der Waals surface area contributed by atoms with E-state index in [4.69, 9.17) is 5.11 Å². The van der Waals surface area contributed by atoms with E-state index >= 15 is 0 Å². The number of anilines is 1. The second-order valence-electron chi connectivity index (χ2n) is 4.85. The third kappa shape index (κ3) is 3.09. The zero-order valence-corrected chi connectivity index (χ0v) is 12.1. The van der Waals surface area contributed by atoms with Crippen molar-refractivity contribution in [2.24, 2.45) is 0 Å². The van der Waals surface area contributed by atoms with E-state index in [9.17, 15) is 9.59 Å². The van der Waals surface area contributed by atoms with Crippen LogP contribution in [-0.2, 0) is 9.59 Å². The van der Waals surface area contributed by atoms with E-state index in [-0.39, 0.29) is 18.8 Å². The lowest BCUT2D eigenvalue weighted by molar-refractivity contribution is -0.137. The van der Waals surface area contributed by atoms with Gasteiger partial charge in [0, 0.05) is 29.7 Å². The summed E-state index contributed by atoms with van der Waals surface area (Å²) in [6.07, 6.45) is 4.53. The number of aromatic nitrogens is 2. The highest BCUT2D eigenvalue weighted by atomic mass is 16.3. The average molecular weight is 310 g/mol. The van der Waals surface area contributed by atoms with Crippen molar-refractivity contribution >= 4 is 17.5 Å². The first-order valence-electron chi connectivity index (χ1n) is 7.02. The lowest BCUT2D eigenvalue weighted by atomic mass is 10.2. The molecule has 0 saturated heterocycles. The lowest BCUT2D eigenvalue weighted by Gasteiger charge is -2.13. The molecule has 0 atom stereocenters. The number of nitrogens with zero attached hydrogens (tertiary/aromatic N) is 3. The number of nitrogens with one attached hydrogen (secondary N) is 1. The maximum absolute atomic E-state index is 12.1. The van der Waals surface area contributed by atoms with Crippen LogP contribution in [0, 0.1) is 0 Å². The highest BCUT2D eigenvalue weighted by Gasteiger charge is 2.30. The van der Waals surface area contributed by atoms with E-state index in [1.54, 1.807) is 36.7 Å². The summed E-state index contributed by atoms with van der Waals surface area (Å²) in [5.41, 5.74) is 1.61. The average Bonchev–Trinajstić information content (AvgIpc) is 2.84. The Morgan fingerprint density at radius 1 is 1.13 bits per heavy atom. The molecule has 7 nitrogen and oxygen atoms in total. The highest BCUT2D eigenvalue weighted by Crippen LogP contribution is 2.22. The molecule has 2 heterocycles. The minimum absolute atomic E-state index is 0.0166. The molecule has 23 heavy (non-hydrogen) atoms. The SMILES string of the molecule is O=C1C=C(Nc2cccc(-c3ncccn3)c2)C(=O)N1CCO. The van der Waals surface area contributed by atoms with Gasteiger partial charge in [-0.1, -0.05) is 12.1 Å². The summed E-state index contributed by atoms with van der Waals surface area (Å²) in [4.78, 5) is 33.2. The third-order valence-electron chi connectivity index (χ3n) is 3.30. The number of aliphatic hydroxyl groups excluding tert-OH is 1. The molecule has 3 rings (SSSR count). The first kappa shape index (κ1) is 14.9. The van der Waals surface area contributed by atoms with E-state index in [1.807, 2.05) is 6.07 Å². The standard InChI is InChI=1S/C16H14N4O3/c21-8-7-20-14(22)10-13(16(20)23)19-12-4-1-3-11(9-12)15-17-5-2-6-18-15/h1-6,9-10,19,21H,7-8H2. The Bertz CT molecular complexity index is 774. The number of imide groups is 1. The van der Waals surface area contributed by atoms with Crippen LogP contribution >= 0.6 is 0 Å². The van der Waals surface area contributed by atoms with Crippen LogP contribution in [-0.4, -0.2) is 44.9 Å². The second-order valence-corrected chi connectivity index (χ2v) is 4.85. The van der Waals surface area contributed by atoms with Crippen LogP contribution in [0.25, 0.3) is 11.4 Å². The van der Waals surface area contributed by atoms with E-state index in [2.05, 4.69) is 15.3 Å². The molecule has 2 N–H and O–H groups in total. The topological polar surface area (TPSA) is 95.4 Å². The predicted molar refractivity (Wildman–Crippen MR) is 83.0 cm³/mol. The normalized spacial score (nSPS) is 14.1. The fraction of sp³-hybridized carbons (Fsp3) is 0.125. The summed E-state index contributed by atoms with van der Waals surface area (Å²) in [6.45, 7) is -0.281. The maximum Gasteiger partial charge on any atom is 0.277 e. The van der Waals surface area contributed by atoms with Crippen LogP contribution in [0.2, 0.25) is 0 Å². The Morgan fingerprint density at radius 3 is 2.65 bits per heavy atom. The fourth-order valence-corrected chi connectivity index (χ4v) is 2.25. The molecule has 2 amide bonds. The van der Waals surface area contributed by atoms with E-state index in [0.717, 1.165) is 10.5 Å². The van der Waals surface area contributed by atoms with E-state index < -0.39 is 11.8 Å². The maximum atomic E-state index is 12.1. The van der Waals surface area contributed by atoms with Crippen molar-refractivity contribution in [3.05, 3.63) is 54.5 Å². The van der Waals surface area contributed by atoms with Crippen molar-refractivity contribution < 1.29 is 14.7 Å². The molecule has 1 aromatic heterocycles. The van der Waals surface area contributed by atoms with Crippen LogP contribution in [0.1, 0.15) is 0 Å². The molecule has 0 fully saturated rings. The summed E-state index contributed by atoms with van der Waals surface area (Å²) >= 11 is 0. The summed E-state index contributed by atoms with van der Waals surface area (Å²) in [5.74, 6) is -0.319. The number of carbonyl (C=O) groups excluding carboxylic acids is 2. The molecular formula is C16H14N4O3. The van der Waals surface area contributed by atoms with Crippen LogP contribution < -0.4 is 5.32 Å². The zero-order chi connectivity index (χ0) is 16.2. The van der Waals surface area contributed by atoms with Gasteiger partial charge in [-0.05, 0) is 18.2 Å². The predicted octanol–water partition coefficient (Wildman–Crippen LogP) is 0.800. The summed E-state index contributed by atoms with van der Waals surface area (Å²) < 4.78 is 0. The largest absolute Gasteiger partial charge is 0.395 e. The number of amides is 2. The van der Waals surface area contributed by atoms with Crippen molar-refractivity contribution in [3.63, 3.8) is 0 Å². The first-order valence-corrected chi connectivity index (χ1v) is 7.02. The number of aliphatic hydroxyl groups is 1. The smallest absolute Gasteiger partial charge is 0.277 e. The third-order valence-corrected chi connectivity index (χ3v) is 3.30. The van der Waals surface area contributed by atoms with E-state index in [1.165, 1.54) is 6.08 Å². The molecule has 7 heteroatoms. The number of benzene rings is 1. The highest BCUT2D eigenvalue weighted by molar-refractivity contribution is 6.17. The summed E-state index contributed by atoms with van der Waals surface area (Å²) in [6, 6.07) is 8.97. The Balaban J connectivity index is 1.81. The Labute approximate surface area is 132 Å². The van der Waals surface area contributed by atoms with Crippen LogP contribution in [0.15, 0.2) is 54.5 Å². The molecule has 116 valence electrons. The molecule has 0 saturated carbocycles. The van der Waals surface area contributed by atoms with E-state index in [0.29, 0.717) is 11.5 Å². The van der Waals surface area contributed by atoms with Crippen molar-refractivity contribution in [3.8, 4) is 11.4 Å². The van der Waals surface area contributed by atoms with Gasteiger partial charge in [-0.15, -0.1) is 0 Å². The number of β-amino-alcohol motifs (C(OH)–C–C–N with tert-alkyl or cyclic N) is 1. The molecule has 2 aromatic rings. The Hall–Kier alpha value is -3.06. The van der Waals surface area contributed by atoms with Crippen LogP contribution in [0.3, 0.4) is 0 Å². The van der Waals surface area contributed by atoms with Gasteiger partial charge in [0.2, 0.25) is 0 Å². The van der Waals surface area contributed by atoms with Crippen LogP contribution in [0.4, 0.5) is 5.69 Å². The van der Waals surface area contributed by atoms with Gasteiger partial charge in [0.05, 0.1) is 13.2 Å². The number of hydrogen-bond donors (Lipinski definition) is 2. The minimum Gasteiger partial charge on any atom is -0.395 e. The molecular weight excluding hydrogens is 296 g/mol. The second kappa shape index (κ2) is 6.37. The molecule has 0 aliphatic carbocycles. The molecule has 0 radical (unpaired) electrons. The molecule has 0 unspecified atom stereocenters. The summed E-state index contributed by atoms with van der Waals surface area (Å²) in [7, 11) is 0. The van der Waals surface area contributed by atoms with Gasteiger partial charge in [-0.3, -0.25) is 14.5 Å². The molecule has 1 aliphatic heterocycles. The number of carbonyl (C=O) groups is 2. The quantitative estimate of drug-likeness (QED) is 0.793. The minimum atomic E-state index is -0.453. The molecule has 1 aromatic carbocycles. The summed E-state index contributed by atoms with van der Waals surface area (Å²) in [5, 5.41) is 11.8. The number of rotatable bonds is 5. The Morgan fingerprint density at radius 2 is 1.91 bits per heavy atom. The van der Waals surface area contributed by atoms with Gasteiger partial charge in [0.1, 0.15) is 5.70 Å².